The van der Waals surface area contributed by atoms with Crippen LogP contribution >= 0.6 is 0 Å². The lowest BCUT2D eigenvalue weighted by Gasteiger charge is -2.13. The molecule has 0 bridgehead atoms. The van der Waals surface area contributed by atoms with E-state index < -0.39 is 0 Å². The third-order valence-corrected chi connectivity index (χ3v) is 3.74. The molecule has 0 aliphatic carbocycles. The summed E-state index contributed by atoms with van der Waals surface area (Å²) >= 11 is 0. The van der Waals surface area contributed by atoms with Gasteiger partial charge in [-0.3, -0.25) is 4.79 Å². The number of benzene rings is 1. The Kier molecular flexibility index (Phi) is 11.7. The van der Waals surface area contributed by atoms with Crippen LogP contribution in [-0.4, -0.2) is 51.8 Å². The van der Waals surface area contributed by atoms with E-state index in [0.717, 1.165) is 29.8 Å². The van der Waals surface area contributed by atoms with Crippen molar-refractivity contribution < 1.29 is 14.3 Å². The molecule has 0 atom stereocenters. The first-order valence-electron chi connectivity index (χ1n) is 9.60. The van der Waals surface area contributed by atoms with Gasteiger partial charge in [-0.2, -0.15) is 0 Å². The predicted octanol–water partition coefficient (Wildman–Crippen LogP) is 1.99. The number of hydrogen-bond donors (Lipinski definition) is 3. The van der Waals surface area contributed by atoms with E-state index in [1.54, 1.807) is 7.11 Å². The summed E-state index contributed by atoms with van der Waals surface area (Å²) in [6.07, 6.45) is 1.36. The lowest BCUT2D eigenvalue weighted by Crippen LogP contribution is -2.39. The summed E-state index contributed by atoms with van der Waals surface area (Å²) in [6, 6.07) is 6.09. The molecule has 0 radical (unpaired) electrons. The Morgan fingerprint density at radius 1 is 1.11 bits per heavy atom. The average Bonchev–Trinajstić information content (AvgIpc) is 2.65. The molecule has 7 heteroatoms. The molecule has 1 aromatic carbocycles. The number of guanidine groups is 1. The first-order valence-corrected chi connectivity index (χ1v) is 9.60. The smallest absolute Gasteiger partial charge is 0.221 e. The second kappa shape index (κ2) is 13.9. The second-order valence-corrected chi connectivity index (χ2v) is 6.17. The summed E-state index contributed by atoms with van der Waals surface area (Å²) in [6.45, 7) is 9.61. The van der Waals surface area contributed by atoms with Gasteiger partial charge in [0.1, 0.15) is 12.4 Å². The van der Waals surface area contributed by atoms with Gasteiger partial charge >= 0.3 is 0 Å². The number of carbonyl (C=O) groups excluding carboxylic acids is 1. The zero-order chi connectivity index (χ0) is 19.9. The Balaban J connectivity index is 2.64. The molecule has 0 saturated carbocycles. The van der Waals surface area contributed by atoms with Crippen molar-refractivity contribution in [3.8, 4) is 5.75 Å². The van der Waals surface area contributed by atoms with Crippen molar-refractivity contribution in [2.75, 3.05) is 40.0 Å². The quantitative estimate of drug-likeness (QED) is 0.294. The van der Waals surface area contributed by atoms with Crippen LogP contribution in [0.2, 0.25) is 0 Å². The maximum atomic E-state index is 11.7. The van der Waals surface area contributed by atoms with Gasteiger partial charge in [0.15, 0.2) is 5.96 Å². The van der Waals surface area contributed by atoms with E-state index in [0.29, 0.717) is 45.2 Å². The average molecular weight is 379 g/mol. The number of nitrogens with one attached hydrogen (secondary N) is 3. The van der Waals surface area contributed by atoms with Crippen molar-refractivity contribution in [1.29, 1.82) is 0 Å². The van der Waals surface area contributed by atoms with E-state index in [4.69, 9.17) is 9.47 Å². The largest absolute Gasteiger partial charge is 0.491 e. The Labute approximate surface area is 162 Å². The fourth-order valence-electron chi connectivity index (χ4n) is 2.31. The summed E-state index contributed by atoms with van der Waals surface area (Å²) in [5.74, 6) is 1.56. The summed E-state index contributed by atoms with van der Waals surface area (Å²) in [4.78, 5) is 16.3. The van der Waals surface area contributed by atoms with Crippen LogP contribution in [0.5, 0.6) is 5.75 Å². The Morgan fingerprint density at radius 2 is 1.93 bits per heavy atom. The van der Waals surface area contributed by atoms with Crippen molar-refractivity contribution >= 4 is 11.9 Å². The molecule has 1 aromatic rings. The van der Waals surface area contributed by atoms with Crippen molar-refractivity contribution in [3.05, 3.63) is 29.3 Å². The van der Waals surface area contributed by atoms with Crippen LogP contribution in [0.1, 0.15) is 37.8 Å². The normalized spacial score (nSPS) is 11.2. The predicted molar refractivity (Wildman–Crippen MR) is 109 cm³/mol. The Bertz CT molecular complexity index is 591. The van der Waals surface area contributed by atoms with E-state index in [1.165, 1.54) is 0 Å². The number of amides is 1. The lowest BCUT2D eigenvalue weighted by molar-refractivity contribution is -0.120. The van der Waals surface area contributed by atoms with Crippen molar-refractivity contribution in [1.82, 2.24) is 16.0 Å². The van der Waals surface area contributed by atoms with Gasteiger partial charge in [-0.25, -0.2) is 4.99 Å². The molecule has 3 N–H and O–H groups in total. The van der Waals surface area contributed by atoms with Gasteiger partial charge in [-0.15, -0.1) is 0 Å². The standard InChI is InChI=1S/C20H34N4O3/c1-5-10-22-19(25)9-11-23-20(21-6-2)24-15-17-8-7-16(3)14-18(17)27-13-12-26-4/h7-8,14H,5-6,9-13,15H2,1-4H3,(H,22,25)(H2,21,23,24). The first kappa shape index (κ1) is 22.8. The van der Waals surface area contributed by atoms with Crippen LogP contribution < -0.4 is 20.7 Å². The fraction of sp³-hybridized carbons (Fsp3) is 0.600. The fourth-order valence-corrected chi connectivity index (χ4v) is 2.31. The summed E-state index contributed by atoms with van der Waals surface area (Å²) in [5, 5.41) is 9.26. The highest BCUT2D eigenvalue weighted by Gasteiger charge is 2.06. The summed E-state index contributed by atoms with van der Waals surface area (Å²) < 4.78 is 10.9. The molecule has 27 heavy (non-hydrogen) atoms. The van der Waals surface area contributed by atoms with Gasteiger partial charge in [0, 0.05) is 38.7 Å². The SMILES string of the molecule is CCCNC(=O)CCNC(=NCc1ccc(C)cc1OCCOC)NCC. The summed E-state index contributed by atoms with van der Waals surface area (Å²) in [7, 11) is 1.65. The molecule has 1 amide bonds. The molecule has 7 nitrogen and oxygen atoms in total. The molecular weight excluding hydrogens is 344 g/mol. The molecule has 152 valence electrons. The number of methoxy groups -OCH3 is 1. The number of nitrogens with zero attached hydrogens (tertiary/aromatic N) is 1. The van der Waals surface area contributed by atoms with Gasteiger partial charge in [0.25, 0.3) is 0 Å². The van der Waals surface area contributed by atoms with Crippen molar-refractivity contribution in [2.24, 2.45) is 4.99 Å². The zero-order valence-corrected chi connectivity index (χ0v) is 17.1. The van der Waals surface area contributed by atoms with Gasteiger partial charge in [-0.05, 0) is 31.9 Å². The molecule has 1 rings (SSSR count). The van der Waals surface area contributed by atoms with E-state index in [2.05, 4.69) is 20.9 Å². The third kappa shape index (κ3) is 9.84. The highest BCUT2D eigenvalue weighted by atomic mass is 16.5. The number of carbonyl (C=O) groups is 1. The molecule has 0 spiro atoms. The Hall–Kier alpha value is -2.28. The summed E-state index contributed by atoms with van der Waals surface area (Å²) in [5.41, 5.74) is 2.15. The van der Waals surface area contributed by atoms with E-state index in [1.807, 2.05) is 39.0 Å². The van der Waals surface area contributed by atoms with Gasteiger partial charge in [0.05, 0.1) is 13.2 Å². The van der Waals surface area contributed by atoms with E-state index in [9.17, 15) is 4.79 Å². The van der Waals surface area contributed by atoms with Crippen LogP contribution in [0.3, 0.4) is 0 Å². The lowest BCUT2D eigenvalue weighted by atomic mass is 10.1. The second-order valence-electron chi connectivity index (χ2n) is 6.17. The number of aliphatic imine (C=N–C) groups is 1. The van der Waals surface area contributed by atoms with Crippen LogP contribution in [0.25, 0.3) is 0 Å². The third-order valence-electron chi connectivity index (χ3n) is 3.74. The minimum absolute atomic E-state index is 0.0487. The molecule has 0 aromatic heterocycles. The van der Waals surface area contributed by atoms with Crippen LogP contribution in [0, 0.1) is 6.92 Å². The maximum Gasteiger partial charge on any atom is 0.221 e. The number of rotatable bonds is 12. The van der Waals surface area contributed by atoms with Gasteiger partial charge < -0.3 is 25.4 Å². The van der Waals surface area contributed by atoms with Crippen molar-refractivity contribution in [3.63, 3.8) is 0 Å². The minimum atomic E-state index is 0.0487. The number of hydrogen-bond acceptors (Lipinski definition) is 4. The highest BCUT2D eigenvalue weighted by molar-refractivity contribution is 5.81. The number of aryl methyl sites for hydroxylation is 1. The molecule has 0 aliphatic heterocycles. The molecule has 0 unspecified atom stereocenters. The topological polar surface area (TPSA) is 84.0 Å². The molecule has 0 fully saturated rings. The Morgan fingerprint density at radius 3 is 2.63 bits per heavy atom. The minimum Gasteiger partial charge on any atom is -0.491 e. The highest BCUT2D eigenvalue weighted by Crippen LogP contribution is 2.21. The van der Waals surface area contributed by atoms with Crippen LogP contribution in [-0.2, 0) is 16.1 Å². The molecule has 0 saturated heterocycles. The van der Waals surface area contributed by atoms with Gasteiger partial charge in [0.2, 0.25) is 5.91 Å². The van der Waals surface area contributed by atoms with Gasteiger partial charge in [-0.1, -0.05) is 19.1 Å². The van der Waals surface area contributed by atoms with Crippen LogP contribution in [0.4, 0.5) is 0 Å². The van der Waals surface area contributed by atoms with Crippen LogP contribution in [0.15, 0.2) is 23.2 Å². The molecule has 0 aliphatic rings. The number of ether oxygens (including phenoxy) is 2. The first-order chi connectivity index (χ1) is 13.1. The molecule has 0 heterocycles. The van der Waals surface area contributed by atoms with E-state index in [-0.39, 0.29) is 5.91 Å². The maximum absolute atomic E-state index is 11.7. The monoisotopic (exact) mass is 378 g/mol. The zero-order valence-electron chi connectivity index (χ0n) is 17.1. The van der Waals surface area contributed by atoms with E-state index >= 15 is 0 Å². The van der Waals surface area contributed by atoms with Crippen molar-refractivity contribution in [2.45, 2.75) is 40.2 Å². The molecular formula is C20H34N4O3.